The van der Waals surface area contributed by atoms with Crippen LogP contribution in [0.4, 0.5) is 5.82 Å². The van der Waals surface area contributed by atoms with Crippen molar-refractivity contribution in [3.05, 3.63) is 17.8 Å². The molecule has 2 aromatic heterocycles. The summed E-state index contributed by atoms with van der Waals surface area (Å²) in [7, 11) is 0. The van der Waals surface area contributed by atoms with Gasteiger partial charge in [-0.25, -0.2) is 9.97 Å². The molecule has 0 bridgehead atoms. The molecule has 1 aliphatic rings. The first kappa shape index (κ1) is 22.7. The van der Waals surface area contributed by atoms with Crippen molar-refractivity contribution in [2.24, 2.45) is 0 Å². The molecule has 10 nitrogen and oxygen atoms in total. The van der Waals surface area contributed by atoms with Gasteiger partial charge in [0.2, 0.25) is 0 Å². The second-order valence-corrected chi connectivity index (χ2v) is 8.08. The molecule has 0 aliphatic carbocycles. The van der Waals surface area contributed by atoms with E-state index in [2.05, 4.69) is 9.97 Å². The molecule has 4 atom stereocenters. The lowest BCUT2D eigenvalue weighted by Gasteiger charge is -2.27. The van der Waals surface area contributed by atoms with Gasteiger partial charge in [0, 0.05) is 17.8 Å². The number of thiocarbonyl (C=S) groups is 1. The lowest BCUT2D eigenvalue weighted by Crippen LogP contribution is -2.44. The van der Waals surface area contributed by atoms with E-state index in [4.69, 9.17) is 27.4 Å². The second-order valence-electron chi connectivity index (χ2n) is 6.91. The third-order valence-electron chi connectivity index (χ3n) is 4.87. The van der Waals surface area contributed by atoms with Gasteiger partial charge in [-0.2, -0.15) is 0 Å². The summed E-state index contributed by atoms with van der Waals surface area (Å²) in [6, 6.07) is 0. The zero-order valence-corrected chi connectivity index (χ0v) is 18.3. The maximum Gasteiger partial charge on any atom is 0.191 e. The average molecular weight is 457 g/mol. The highest BCUT2D eigenvalue weighted by Gasteiger charge is 2.53. The number of aliphatic hydroxyl groups is 4. The van der Waals surface area contributed by atoms with Gasteiger partial charge in [-0.3, -0.25) is 0 Å². The lowest BCUT2D eigenvalue weighted by atomic mass is 9.96. The molecule has 1 fully saturated rings. The van der Waals surface area contributed by atoms with E-state index in [0.29, 0.717) is 17.1 Å². The predicted octanol–water partition coefficient (Wildman–Crippen LogP) is 1.000. The Bertz CT molecular complexity index is 993. The van der Waals surface area contributed by atoms with E-state index in [9.17, 15) is 20.4 Å². The monoisotopic (exact) mass is 456 g/mol. The fourth-order valence-electron chi connectivity index (χ4n) is 3.38. The van der Waals surface area contributed by atoms with Crippen molar-refractivity contribution < 1.29 is 29.9 Å². The Morgan fingerprint density at radius 1 is 1.50 bits per heavy atom. The third-order valence-corrected chi connectivity index (χ3v) is 5.65. The Hall–Kier alpha value is -1.96. The van der Waals surface area contributed by atoms with E-state index >= 15 is 0 Å². The molecule has 0 amide bonds. The van der Waals surface area contributed by atoms with Crippen LogP contribution in [-0.2, 0) is 9.47 Å². The molecule has 30 heavy (non-hydrogen) atoms. The van der Waals surface area contributed by atoms with Crippen LogP contribution in [0.25, 0.3) is 16.8 Å². The minimum absolute atomic E-state index is 0.0796. The van der Waals surface area contributed by atoms with Gasteiger partial charge in [-0.05, 0) is 32.3 Å². The zero-order chi connectivity index (χ0) is 22.2. The fraction of sp³-hybridized carbons (Fsp3) is 0.500. The van der Waals surface area contributed by atoms with Crippen LogP contribution in [0, 0.1) is 0 Å². The molecular weight excluding hydrogens is 432 g/mol. The number of nitrogens with zero attached hydrogens (tertiary/aromatic N) is 3. The van der Waals surface area contributed by atoms with Gasteiger partial charge < -0.3 is 40.2 Å². The molecule has 1 aliphatic heterocycles. The molecule has 6 N–H and O–H groups in total. The van der Waals surface area contributed by atoms with Crippen LogP contribution in [-0.4, -0.2) is 77.3 Å². The second kappa shape index (κ2) is 8.65. The number of anilines is 1. The lowest BCUT2D eigenvalue weighted by molar-refractivity contribution is -0.0948. The van der Waals surface area contributed by atoms with E-state index in [0.717, 1.165) is 0 Å². The van der Waals surface area contributed by atoms with Crippen LogP contribution >= 0.6 is 24.0 Å². The Balaban J connectivity index is 2.23. The van der Waals surface area contributed by atoms with Crippen molar-refractivity contribution in [3.63, 3.8) is 0 Å². The quantitative estimate of drug-likeness (QED) is 0.139. The maximum atomic E-state index is 10.9. The molecule has 0 spiro atoms. The molecule has 1 saturated heterocycles. The minimum Gasteiger partial charge on any atom is -0.507 e. The summed E-state index contributed by atoms with van der Waals surface area (Å²) in [5.41, 5.74) is 4.92. The average Bonchev–Trinajstić information content (AvgIpc) is 3.17. The van der Waals surface area contributed by atoms with Crippen molar-refractivity contribution in [1.29, 1.82) is 0 Å². The number of aromatic nitrogens is 3. The molecule has 164 valence electrons. The number of hydrogen-bond acceptors (Lipinski definition) is 11. The number of thioether (sulfide) groups is 1. The van der Waals surface area contributed by atoms with Crippen LogP contribution < -0.4 is 5.73 Å². The van der Waals surface area contributed by atoms with Gasteiger partial charge in [0.1, 0.15) is 35.0 Å². The minimum atomic E-state index is -1.75. The number of nitrogen functional groups attached to an aromatic ring is 1. The Morgan fingerprint density at radius 2 is 2.20 bits per heavy atom. The van der Waals surface area contributed by atoms with Crippen molar-refractivity contribution >= 4 is 51.6 Å². The topological polar surface area (TPSA) is 156 Å². The van der Waals surface area contributed by atoms with E-state index < -0.39 is 30.6 Å². The summed E-state index contributed by atoms with van der Waals surface area (Å²) in [5, 5.41) is 42.2. The van der Waals surface area contributed by atoms with Crippen LogP contribution in [0.1, 0.15) is 25.6 Å². The van der Waals surface area contributed by atoms with Gasteiger partial charge in [0.25, 0.3) is 0 Å². The van der Waals surface area contributed by atoms with Crippen molar-refractivity contribution in [1.82, 2.24) is 14.5 Å². The summed E-state index contributed by atoms with van der Waals surface area (Å²) in [6.07, 6.45) is 1.06. The van der Waals surface area contributed by atoms with Crippen LogP contribution in [0.3, 0.4) is 0 Å². The van der Waals surface area contributed by atoms with Gasteiger partial charge in [0.15, 0.2) is 16.4 Å². The maximum absolute atomic E-state index is 10.9. The molecule has 2 aromatic rings. The largest absolute Gasteiger partial charge is 0.507 e. The first-order valence-electron chi connectivity index (χ1n) is 9.12. The first-order valence-corrected chi connectivity index (χ1v) is 10.8. The number of hydrogen-bond donors (Lipinski definition) is 5. The van der Waals surface area contributed by atoms with Crippen molar-refractivity contribution in [3.8, 4) is 0 Å². The smallest absolute Gasteiger partial charge is 0.191 e. The fourth-order valence-corrected chi connectivity index (χ4v) is 3.98. The SMILES string of the molecule is CCOC(=S)/C=C(\O)c1cn(C2O[C@H](CO)[C@@H](O)[C@@]2(C)O)c2nc(SC)nc(N)c12. The Kier molecular flexibility index (Phi) is 6.55. The van der Waals surface area contributed by atoms with Crippen LogP contribution in [0.5, 0.6) is 0 Å². The van der Waals surface area contributed by atoms with E-state index in [1.54, 1.807) is 13.2 Å². The Labute approximate surface area is 182 Å². The summed E-state index contributed by atoms with van der Waals surface area (Å²) >= 11 is 6.33. The molecule has 0 saturated carbocycles. The van der Waals surface area contributed by atoms with E-state index in [1.165, 1.54) is 35.5 Å². The van der Waals surface area contributed by atoms with E-state index in [1.807, 2.05) is 0 Å². The van der Waals surface area contributed by atoms with E-state index in [-0.39, 0.29) is 27.8 Å². The molecule has 1 unspecified atom stereocenters. The summed E-state index contributed by atoms with van der Waals surface area (Å²) in [4.78, 5) is 8.68. The molecule has 12 heteroatoms. The van der Waals surface area contributed by atoms with Gasteiger partial charge in [0.05, 0.1) is 18.6 Å². The van der Waals surface area contributed by atoms with Gasteiger partial charge >= 0.3 is 0 Å². The van der Waals surface area contributed by atoms with Gasteiger partial charge in [-0.15, -0.1) is 0 Å². The molecular formula is C18H24N4O6S2. The zero-order valence-electron chi connectivity index (χ0n) is 16.6. The molecule has 3 rings (SSSR count). The highest BCUT2D eigenvalue weighted by atomic mass is 32.2. The Morgan fingerprint density at radius 3 is 2.77 bits per heavy atom. The van der Waals surface area contributed by atoms with Crippen LogP contribution in [0.15, 0.2) is 17.4 Å². The normalized spacial score (nSPS) is 27.0. The standard InChI is InChI=1S/C18H24N4O6S2/c1-4-27-11(29)5-9(24)8-6-22(15-12(8)14(19)20-17(21-15)30-3)16-18(2,26)13(25)10(7-23)28-16/h5-6,10,13,16,23-26H,4,7H2,1-3H3,(H2,19,20,21)/b9-5-/t10-,13-,16?,18-/m1/s1. The molecule has 0 radical (unpaired) electrons. The summed E-state index contributed by atoms with van der Waals surface area (Å²) in [5.74, 6) is -0.126. The molecule has 3 heterocycles. The number of rotatable bonds is 6. The summed E-state index contributed by atoms with van der Waals surface area (Å²) < 4.78 is 12.4. The molecule has 0 aromatic carbocycles. The number of fused-ring (bicyclic) bond motifs is 1. The number of aliphatic hydroxyl groups excluding tert-OH is 3. The predicted molar refractivity (Wildman–Crippen MR) is 116 cm³/mol. The van der Waals surface area contributed by atoms with Crippen molar-refractivity contribution in [2.45, 2.75) is 43.0 Å². The van der Waals surface area contributed by atoms with Crippen molar-refractivity contribution in [2.75, 3.05) is 25.2 Å². The number of nitrogens with two attached hydrogens (primary N) is 1. The summed E-state index contributed by atoms with van der Waals surface area (Å²) in [6.45, 7) is 3.01. The van der Waals surface area contributed by atoms with Crippen LogP contribution in [0.2, 0.25) is 0 Å². The highest BCUT2D eigenvalue weighted by Crippen LogP contribution is 2.42. The highest BCUT2D eigenvalue weighted by molar-refractivity contribution is 7.98. The third kappa shape index (κ3) is 3.86. The first-order chi connectivity index (χ1) is 14.1. The van der Waals surface area contributed by atoms with Gasteiger partial charge in [-0.1, -0.05) is 11.8 Å². The number of ether oxygens (including phenoxy) is 2.